The molecule has 0 bridgehead atoms. The van der Waals surface area contributed by atoms with Crippen molar-refractivity contribution in [1.29, 1.82) is 0 Å². The Kier molecular flexibility index (Phi) is 12.7. The first-order chi connectivity index (χ1) is 23.7. The van der Waals surface area contributed by atoms with Crippen LogP contribution in [0, 0.1) is 5.41 Å². The zero-order chi connectivity index (χ0) is 36.6. The van der Waals surface area contributed by atoms with Crippen LogP contribution < -0.4 is 32.3 Å². The summed E-state index contributed by atoms with van der Waals surface area (Å²) in [6, 6.07) is 11.7. The van der Waals surface area contributed by atoms with E-state index in [-0.39, 0.29) is 45.3 Å². The van der Waals surface area contributed by atoms with Crippen LogP contribution in [0.5, 0.6) is 0 Å². The minimum Gasteiger partial charge on any atom is -0.391 e. The van der Waals surface area contributed by atoms with Gasteiger partial charge in [0.1, 0.15) is 30.2 Å². The number of carbonyl (C=O) groups is 6. The summed E-state index contributed by atoms with van der Waals surface area (Å²) in [5.74, 6) is -3.54. The Hall–Kier alpha value is -4.82. The zero-order valence-electron chi connectivity index (χ0n) is 29.0. The van der Waals surface area contributed by atoms with Crippen molar-refractivity contribution < 1.29 is 33.9 Å². The maximum atomic E-state index is 14.0. The third kappa shape index (κ3) is 9.88. The molecule has 2 fully saturated rings. The number of nitrogens with two attached hydrogens (primary N) is 1. The Labute approximate surface area is 292 Å². The average Bonchev–Trinajstić information content (AvgIpc) is 3.48. The van der Waals surface area contributed by atoms with Crippen molar-refractivity contribution in [2.75, 3.05) is 19.6 Å². The predicted octanol–water partition coefficient (Wildman–Crippen LogP) is -0.268. The fraction of sp³-hybridized carbons (Fsp3) is 0.500. The molecule has 0 aromatic heterocycles. The van der Waals surface area contributed by atoms with Crippen LogP contribution >= 0.6 is 0 Å². The second-order valence-electron chi connectivity index (χ2n) is 14.0. The SMILES string of the molecule is C[C@H]1NC(=O)[C@@H](Cc2ccc(-c3ccccc3)cc2)NC(=O)[C@@H]2C[C@@H](O)CN2C(=O)[C@H](C(C)(C)C)NC(=O)CCCNC(=O)[C@@H](CN)NC1=O. The summed E-state index contributed by atoms with van der Waals surface area (Å²) in [4.78, 5) is 81.7. The van der Waals surface area contributed by atoms with Crippen molar-refractivity contribution in [3.8, 4) is 11.1 Å². The number of benzene rings is 2. The first kappa shape index (κ1) is 38.0. The number of hydrogen-bond acceptors (Lipinski definition) is 8. The number of rotatable bonds is 4. The van der Waals surface area contributed by atoms with Gasteiger partial charge in [0.15, 0.2) is 0 Å². The van der Waals surface area contributed by atoms with E-state index in [1.54, 1.807) is 20.8 Å². The van der Waals surface area contributed by atoms with Crippen LogP contribution in [0.25, 0.3) is 11.1 Å². The van der Waals surface area contributed by atoms with Gasteiger partial charge in [-0.25, -0.2) is 0 Å². The predicted molar refractivity (Wildman–Crippen MR) is 186 cm³/mol. The van der Waals surface area contributed by atoms with Crippen molar-refractivity contribution in [2.45, 2.75) is 89.7 Å². The highest BCUT2D eigenvalue weighted by Crippen LogP contribution is 2.27. The van der Waals surface area contributed by atoms with E-state index in [0.717, 1.165) is 11.1 Å². The maximum Gasteiger partial charge on any atom is 0.246 e. The molecule has 2 aliphatic heterocycles. The van der Waals surface area contributed by atoms with E-state index in [0.29, 0.717) is 5.56 Å². The second-order valence-corrected chi connectivity index (χ2v) is 14.0. The van der Waals surface area contributed by atoms with E-state index in [1.807, 2.05) is 54.6 Å². The molecule has 0 unspecified atom stereocenters. The molecule has 2 saturated heterocycles. The van der Waals surface area contributed by atoms with Crippen molar-refractivity contribution in [2.24, 2.45) is 11.1 Å². The van der Waals surface area contributed by atoms with Gasteiger partial charge in [-0.15, -0.1) is 0 Å². The molecule has 0 radical (unpaired) electrons. The number of aliphatic hydroxyl groups excluding tert-OH is 1. The molecule has 2 aromatic rings. The molecule has 14 heteroatoms. The Balaban J connectivity index is 1.65. The fourth-order valence-corrected chi connectivity index (χ4v) is 6.02. The van der Waals surface area contributed by atoms with Crippen LogP contribution in [0.4, 0.5) is 0 Å². The van der Waals surface area contributed by atoms with Gasteiger partial charge in [-0.05, 0) is 35.4 Å². The van der Waals surface area contributed by atoms with Gasteiger partial charge in [0.2, 0.25) is 35.4 Å². The van der Waals surface area contributed by atoms with Crippen LogP contribution in [-0.2, 0) is 35.2 Å². The molecule has 2 aromatic carbocycles. The summed E-state index contributed by atoms with van der Waals surface area (Å²) in [5, 5.41) is 24.0. The number of carbonyl (C=O) groups excluding carboxylic acids is 6. The fourth-order valence-electron chi connectivity index (χ4n) is 6.02. The largest absolute Gasteiger partial charge is 0.391 e. The van der Waals surface area contributed by atoms with E-state index in [9.17, 15) is 33.9 Å². The molecule has 6 atom stereocenters. The summed E-state index contributed by atoms with van der Waals surface area (Å²) in [6.45, 7) is 6.54. The minimum atomic E-state index is -1.19. The zero-order valence-corrected chi connectivity index (χ0v) is 29.0. The lowest BCUT2D eigenvalue weighted by molar-refractivity contribution is -0.144. The van der Waals surface area contributed by atoms with Gasteiger partial charge < -0.3 is 42.3 Å². The Morgan fingerprint density at radius 2 is 1.44 bits per heavy atom. The van der Waals surface area contributed by atoms with Gasteiger partial charge in [-0.3, -0.25) is 28.8 Å². The number of fused-ring (bicyclic) bond motifs is 1. The molecular weight excluding hydrogens is 642 g/mol. The first-order valence-corrected chi connectivity index (χ1v) is 17.0. The highest BCUT2D eigenvalue weighted by molar-refractivity contribution is 5.97. The average molecular weight is 692 g/mol. The first-order valence-electron chi connectivity index (χ1n) is 17.0. The smallest absolute Gasteiger partial charge is 0.246 e. The molecule has 8 N–H and O–H groups in total. The van der Waals surface area contributed by atoms with E-state index < -0.39 is 77.2 Å². The Morgan fingerprint density at radius 3 is 2.08 bits per heavy atom. The van der Waals surface area contributed by atoms with Crippen LogP contribution in [0.15, 0.2) is 54.6 Å². The molecule has 0 aliphatic carbocycles. The topological polar surface area (TPSA) is 212 Å². The third-order valence-electron chi connectivity index (χ3n) is 8.92. The lowest BCUT2D eigenvalue weighted by Gasteiger charge is -2.35. The summed E-state index contributed by atoms with van der Waals surface area (Å²) in [5.41, 5.74) is 7.68. The molecular formula is C36H49N7O7. The van der Waals surface area contributed by atoms with Crippen LogP contribution in [-0.4, -0.2) is 101 Å². The number of nitrogens with zero attached hydrogens (tertiary/aromatic N) is 1. The number of aliphatic hydroxyl groups is 1. The van der Waals surface area contributed by atoms with Crippen LogP contribution in [0.2, 0.25) is 0 Å². The minimum absolute atomic E-state index is 0.0105. The van der Waals surface area contributed by atoms with Crippen molar-refractivity contribution in [3.63, 3.8) is 0 Å². The summed E-state index contributed by atoms with van der Waals surface area (Å²) < 4.78 is 0. The lowest BCUT2D eigenvalue weighted by atomic mass is 9.85. The van der Waals surface area contributed by atoms with Gasteiger partial charge in [-0.2, -0.15) is 0 Å². The monoisotopic (exact) mass is 691 g/mol. The maximum absolute atomic E-state index is 14.0. The van der Waals surface area contributed by atoms with Gasteiger partial charge in [0, 0.05) is 38.9 Å². The molecule has 50 heavy (non-hydrogen) atoms. The van der Waals surface area contributed by atoms with Crippen LogP contribution in [0.3, 0.4) is 0 Å². The summed E-state index contributed by atoms with van der Waals surface area (Å²) in [6.07, 6.45) is -0.804. The summed E-state index contributed by atoms with van der Waals surface area (Å²) in [7, 11) is 0. The molecule has 0 spiro atoms. The van der Waals surface area contributed by atoms with Crippen molar-refractivity contribution >= 4 is 35.4 Å². The molecule has 2 heterocycles. The van der Waals surface area contributed by atoms with Crippen molar-refractivity contribution in [1.82, 2.24) is 31.5 Å². The molecule has 270 valence electrons. The van der Waals surface area contributed by atoms with Crippen LogP contribution in [0.1, 0.15) is 52.5 Å². The summed E-state index contributed by atoms with van der Waals surface area (Å²) >= 11 is 0. The van der Waals surface area contributed by atoms with Gasteiger partial charge >= 0.3 is 0 Å². The Bertz CT molecular complexity index is 1540. The van der Waals surface area contributed by atoms with Crippen molar-refractivity contribution in [3.05, 3.63) is 60.2 Å². The standard InChI is InChI=1S/C36H49N7O7/c1-21-31(46)41-27(19-37)32(47)38-16-8-11-29(45)42-30(36(2,3)4)35(50)43-20-25(44)18-28(43)34(49)40-26(33(48)39-21)17-22-12-14-24(15-13-22)23-9-6-5-7-10-23/h5-7,9-10,12-15,21,25-28,30,44H,8,11,16-20,37H2,1-4H3,(H,38,47)(H,39,48)(H,40,49)(H,41,46)(H,42,45)/t21-,25-,26-,27-,28+,30-/m1/s1. The van der Waals surface area contributed by atoms with E-state index >= 15 is 0 Å². The Morgan fingerprint density at radius 1 is 0.800 bits per heavy atom. The highest BCUT2D eigenvalue weighted by Gasteiger charge is 2.45. The number of nitrogens with one attached hydrogen (secondary N) is 5. The molecule has 14 nitrogen and oxygen atoms in total. The van der Waals surface area contributed by atoms with E-state index in [1.165, 1.54) is 11.8 Å². The third-order valence-corrected chi connectivity index (χ3v) is 8.92. The quantitative estimate of drug-likeness (QED) is 0.226. The lowest BCUT2D eigenvalue weighted by Crippen LogP contribution is -2.60. The highest BCUT2D eigenvalue weighted by atomic mass is 16.3. The van der Waals surface area contributed by atoms with Gasteiger partial charge in [0.05, 0.1) is 6.10 Å². The molecule has 2 aliphatic rings. The number of amides is 6. The molecule has 4 rings (SSSR count). The number of hydrogen-bond donors (Lipinski definition) is 7. The van der Waals surface area contributed by atoms with Gasteiger partial charge in [0.25, 0.3) is 0 Å². The molecule has 0 saturated carbocycles. The van der Waals surface area contributed by atoms with E-state index in [2.05, 4.69) is 26.6 Å². The second kappa shape index (κ2) is 16.7. The molecule has 6 amide bonds. The van der Waals surface area contributed by atoms with Gasteiger partial charge in [-0.1, -0.05) is 75.4 Å². The normalized spacial score (nSPS) is 26.6. The van der Waals surface area contributed by atoms with E-state index in [4.69, 9.17) is 5.73 Å².